The van der Waals surface area contributed by atoms with Gasteiger partial charge in [0.05, 0.1) is 11.0 Å². The highest BCUT2D eigenvalue weighted by Gasteiger charge is 2.02. The van der Waals surface area contributed by atoms with Crippen LogP contribution in [0.5, 0.6) is 0 Å². The lowest BCUT2D eigenvalue weighted by Gasteiger charge is -2.11. The largest absolute Gasteiger partial charge is 0.356 e. The smallest absolute Gasteiger partial charge is 0.190 e. The number of rotatable bonds is 7. The second kappa shape index (κ2) is 8.99. The molecular formula is C20H24FN5. The number of nitrogens with one attached hydrogen (secondary N) is 3. The Bertz CT molecular complexity index is 821. The Balaban J connectivity index is 1.36. The molecule has 0 amide bonds. The summed E-state index contributed by atoms with van der Waals surface area (Å²) in [6.07, 6.45) is 2.66. The van der Waals surface area contributed by atoms with Crippen LogP contribution in [0.1, 0.15) is 17.8 Å². The van der Waals surface area contributed by atoms with Gasteiger partial charge in [-0.2, -0.15) is 0 Å². The van der Waals surface area contributed by atoms with Crippen molar-refractivity contribution < 1.29 is 4.39 Å². The summed E-state index contributed by atoms with van der Waals surface area (Å²) in [5, 5.41) is 6.58. The summed E-state index contributed by atoms with van der Waals surface area (Å²) in [6, 6.07) is 14.6. The van der Waals surface area contributed by atoms with Crippen LogP contribution in [0, 0.1) is 5.82 Å². The first-order valence-electron chi connectivity index (χ1n) is 8.87. The normalized spacial score (nSPS) is 11.7. The Labute approximate surface area is 152 Å². The summed E-state index contributed by atoms with van der Waals surface area (Å²) >= 11 is 0. The molecule has 6 heteroatoms. The SMILES string of the molecule is CN=C(NCCCc1nc2ccccc2[nH]1)NCCc1ccc(F)cc1. The number of nitrogens with zero attached hydrogens (tertiary/aromatic N) is 2. The number of imidazole rings is 1. The Morgan fingerprint density at radius 1 is 1.04 bits per heavy atom. The van der Waals surface area contributed by atoms with Crippen LogP contribution in [0.3, 0.4) is 0 Å². The number of para-hydroxylation sites is 2. The number of guanidine groups is 1. The number of H-pyrrole nitrogens is 1. The van der Waals surface area contributed by atoms with Gasteiger partial charge in [0, 0.05) is 26.6 Å². The number of halogens is 1. The number of aromatic amines is 1. The van der Waals surface area contributed by atoms with E-state index in [9.17, 15) is 4.39 Å². The van der Waals surface area contributed by atoms with Gasteiger partial charge < -0.3 is 15.6 Å². The summed E-state index contributed by atoms with van der Waals surface area (Å²) < 4.78 is 12.9. The van der Waals surface area contributed by atoms with Crippen molar-refractivity contribution in [1.29, 1.82) is 0 Å². The zero-order chi connectivity index (χ0) is 18.2. The molecule has 3 N–H and O–H groups in total. The fourth-order valence-electron chi connectivity index (χ4n) is 2.78. The van der Waals surface area contributed by atoms with E-state index in [4.69, 9.17) is 0 Å². The molecule has 0 spiro atoms. The van der Waals surface area contributed by atoms with Gasteiger partial charge in [-0.3, -0.25) is 4.99 Å². The minimum atomic E-state index is -0.205. The van der Waals surface area contributed by atoms with Gasteiger partial charge in [-0.1, -0.05) is 24.3 Å². The number of aliphatic imine (C=N–C) groups is 1. The van der Waals surface area contributed by atoms with Crippen molar-refractivity contribution in [2.45, 2.75) is 19.3 Å². The Kier molecular flexibility index (Phi) is 6.19. The molecule has 1 heterocycles. The van der Waals surface area contributed by atoms with Crippen LogP contribution >= 0.6 is 0 Å². The first kappa shape index (κ1) is 17.9. The van der Waals surface area contributed by atoms with Crippen LogP contribution in [-0.2, 0) is 12.8 Å². The van der Waals surface area contributed by atoms with E-state index in [1.54, 1.807) is 19.2 Å². The molecule has 0 saturated heterocycles. The number of aryl methyl sites for hydroxylation is 1. The number of hydrogen-bond acceptors (Lipinski definition) is 2. The standard InChI is InChI=1S/C20H24FN5/c1-22-20(24-14-12-15-8-10-16(21)11-9-15)23-13-4-7-19-25-17-5-2-3-6-18(17)26-19/h2-3,5-6,8-11H,4,7,12-14H2,1H3,(H,25,26)(H2,22,23,24). The van der Waals surface area contributed by atoms with Gasteiger partial charge in [-0.05, 0) is 42.7 Å². The van der Waals surface area contributed by atoms with Crippen molar-refractivity contribution >= 4 is 17.0 Å². The van der Waals surface area contributed by atoms with Crippen molar-refractivity contribution in [2.75, 3.05) is 20.1 Å². The number of benzene rings is 2. The lowest BCUT2D eigenvalue weighted by molar-refractivity contribution is 0.626. The molecule has 2 aromatic carbocycles. The van der Waals surface area contributed by atoms with E-state index in [0.29, 0.717) is 0 Å². The number of aromatic nitrogens is 2. The molecule has 0 aliphatic rings. The van der Waals surface area contributed by atoms with Gasteiger partial charge in [0.15, 0.2) is 5.96 Å². The highest BCUT2D eigenvalue weighted by atomic mass is 19.1. The monoisotopic (exact) mass is 353 g/mol. The molecule has 136 valence electrons. The summed E-state index contributed by atoms with van der Waals surface area (Å²) in [6.45, 7) is 1.56. The van der Waals surface area contributed by atoms with Crippen LogP contribution in [0.25, 0.3) is 11.0 Å². The van der Waals surface area contributed by atoms with Crippen LogP contribution in [0.2, 0.25) is 0 Å². The van der Waals surface area contributed by atoms with Crippen molar-refractivity contribution in [2.24, 2.45) is 4.99 Å². The fourth-order valence-corrected chi connectivity index (χ4v) is 2.78. The molecule has 0 aliphatic carbocycles. The minimum Gasteiger partial charge on any atom is -0.356 e. The maximum Gasteiger partial charge on any atom is 0.190 e. The van der Waals surface area contributed by atoms with E-state index in [1.165, 1.54) is 12.1 Å². The molecule has 1 aromatic heterocycles. The average Bonchev–Trinajstić information content (AvgIpc) is 3.08. The molecular weight excluding hydrogens is 329 g/mol. The van der Waals surface area contributed by atoms with Crippen LogP contribution in [0.4, 0.5) is 4.39 Å². The van der Waals surface area contributed by atoms with Gasteiger partial charge in [0.1, 0.15) is 11.6 Å². The first-order chi connectivity index (χ1) is 12.7. The lowest BCUT2D eigenvalue weighted by atomic mass is 10.1. The second-order valence-electron chi connectivity index (χ2n) is 6.11. The van der Waals surface area contributed by atoms with E-state index in [1.807, 2.05) is 24.3 Å². The van der Waals surface area contributed by atoms with E-state index < -0.39 is 0 Å². The molecule has 3 aromatic rings. The third-order valence-electron chi connectivity index (χ3n) is 4.16. The summed E-state index contributed by atoms with van der Waals surface area (Å²) in [7, 11) is 1.76. The summed E-state index contributed by atoms with van der Waals surface area (Å²) in [4.78, 5) is 12.1. The van der Waals surface area contributed by atoms with Crippen LogP contribution in [-0.4, -0.2) is 36.1 Å². The van der Waals surface area contributed by atoms with E-state index in [2.05, 4.69) is 25.6 Å². The molecule has 5 nitrogen and oxygen atoms in total. The molecule has 0 fully saturated rings. The molecule has 0 saturated carbocycles. The quantitative estimate of drug-likeness (QED) is 0.347. The predicted molar refractivity (Wildman–Crippen MR) is 104 cm³/mol. The molecule has 0 bridgehead atoms. The highest BCUT2D eigenvalue weighted by Crippen LogP contribution is 2.11. The van der Waals surface area contributed by atoms with Gasteiger partial charge >= 0.3 is 0 Å². The minimum absolute atomic E-state index is 0.205. The Hall–Kier alpha value is -2.89. The molecule has 0 aliphatic heterocycles. The zero-order valence-corrected chi connectivity index (χ0v) is 14.9. The lowest BCUT2D eigenvalue weighted by Crippen LogP contribution is -2.38. The van der Waals surface area contributed by atoms with Crippen molar-refractivity contribution in [1.82, 2.24) is 20.6 Å². The Morgan fingerprint density at radius 3 is 2.58 bits per heavy atom. The summed E-state index contributed by atoms with van der Waals surface area (Å²) in [5.41, 5.74) is 3.18. The van der Waals surface area contributed by atoms with Gasteiger partial charge in [0.25, 0.3) is 0 Å². The average molecular weight is 353 g/mol. The zero-order valence-electron chi connectivity index (χ0n) is 14.9. The number of hydrogen-bond donors (Lipinski definition) is 3. The number of fused-ring (bicyclic) bond motifs is 1. The van der Waals surface area contributed by atoms with Gasteiger partial charge in [-0.25, -0.2) is 9.37 Å². The third-order valence-corrected chi connectivity index (χ3v) is 4.16. The first-order valence-corrected chi connectivity index (χ1v) is 8.87. The molecule has 26 heavy (non-hydrogen) atoms. The van der Waals surface area contributed by atoms with E-state index in [0.717, 1.165) is 60.7 Å². The van der Waals surface area contributed by atoms with E-state index in [-0.39, 0.29) is 5.82 Å². The van der Waals surface area contributed by atoms with Crippen LogP contribution in [0.15, 0.2) is 53.5 Å². The topological polar surface area (TPSA) is 65.1 Å². The van der Waals surface area contributed by atoms with Crippen molar-refractivity contribution in [3.63, 3.8) is 0 Å². The van der Waals surface area contributed by atoms with Gasteiger partial charge in [0.2, 0.25) is 0 Å². The van der Waals surface area contributed by atoms with E-state index >= 15 is 0 Å². The molecule has 0 unspecified atom stereocenters. The molecule has 0 radical (unpaired) electrons. The Morgan fingerprint density at radius 2 is 1.81 bits per heavy atom. The second-order valence-corrected chi connectivity index (χ2v) is 6.11. The van der Waals surface area contributed by atoms with Crippen molar-refractivity contribution in [3.05, 3.63) is 65.7 Å². The maximum absolute atomic E-state index is 12.9. The van der Waals surface area contributed by atoms with Gasteiger partial charge in [-0.15, -0.1) is 0 Å². The van der Waals surface area contributed by atoms with Crippen molar-refractivity contribution in [3.8, 4) is 0 Å². The maximum atomic E-state index is 12.9. The predicted octanol–water partition coefficient (Wildman–Crippen LogP) is 3.04. The molecule has 0 atom stereocenters. The highest BCUT2D eigenvalue weighted by molar-refractivity contribution is 5.79. The fraction of sp³-hybridized carbons (Fsp3) is 0.300. The third kappa shape index (κ3) is 5.05. The summed E-state index contributed by atoms with van der Waals surface area (Å²) in [5.74, 6) is 1.58. The van der Waals surface area contributed by atoms with Crippen LogP contribution < -0.4 is 10.6 Å². The molecule has 3 rings (SSSR count).